The van der Waals surface area contributed by atoms with Crippen molar-refractivity contribution in [1.82, 2.24) is 10.2 Å². The lowest BCUT2D eigenvalue weighted by Gasteiger charge is -2.23. The van der Waals surface area contributed by atoms with Crippen molar-refractivity contribution >= 4 is 0 Å². The number of ether oxygens (including phenoxy) is 1. The van der Waals surface area contributed by atoms with E-state index < -0.39 is 0 Å². The van der Waals surface area contributed by atoms with E-state index in [2.05, 4.69) is 10.2 Å². The van der Waals surface area contributed by atoms with E-state index in [1.807, 2.05) is 0 Å². The summed E-state index contributed by atoms with van der Waals surface area (Å²) in [6.45, 7) is 1.48. The van der Waals surface area contributed by atoms with Gasteiger partial charge in [-0.05, 0) is 12.8 Å². The van der Waals surface area contributed by atoms with Crippen molar-refractivity contribution in [1.29, 1.82) is 0 Å². The van der Waals surface area contributed by atoms with E-state index in [9.17, 15) is 0 Å². The fraction of sp³-hybridized carbons (Fsp3) is 0.778. The molecule has 0 spiro atoms. The van der Waals surface area contributed by atoms with Crippen molar-refractivity contribution in [2.45, 2.75) is 31.1 Å². The van der Waals surface area contributed by atoms with Crippen LogP contribution < -0.4 is 0 Å². The molecule has 13 heavy (non-hydrogen) atoms. The van der Waals surface area contributed by atoms with Gasteiger partial charge in [-0.2, -0.15) is 0 Å². The Kier molecular flexibility index (Phi) is 1.62. The Bertz CT molecular complexity index is 274. The monoisotopic (exact) mass is 180 g/mol. The summed E-state index contributed by atoms with van der Waals surface area (Å²) in [6.07, 6.45) is 3.72. The Morgan fingerprint density at radius 1 is 1.00 bits per heavy atom. The minimum atomic E-state index is 0.362. The summed E-state index contributed by atoms with van der Waals surface area (Å²) < 4.78 is 10.7. The molecule has 0 atom stereocenters. The molecule has 1 aliphatic heterocycles. The van der Waals surface area contributed by atoms with Crippen LogP contribution in [0.3, 0.4) is 0 Å². The van der Waals surface area contributed by atoms with Gasteiger partial charge in [0, 0.05) is 5.92 Å². The van der Waals surface area contributed by atoms with Crippen LogP contribution in [-0.2, 0) is 4.74 Å². The first-order chi connectivity index (χ1) is 6.43. The minimum absolute atomic E-state index is 0.362. The zero-order valence-corrected chi connectivity index (χ0v) is 7.40. The van der Waals surface area contributed by atoms with Crippen molar-refractivity contribution in [3.05, 3.63) is 11.8 Å². The van der Waals surface area contributed by atoms with Crippen molar-refractivity contribution in [3.8, 4) is 0 Å². The fourth-order valence-corrected chi connectivity index (χ4v) is 1.61. The third kappa shape index (κ3) is 1.16. The second kappa shape index (κ2) is 2.80. The normalized spacial score (nSPS) is 24.0. The van der Waals surface area contributed by atoms with Crippen LogP contribution in [0.15, 0.2) is 4.42 Å². The van der Waals surface area contributed by atoms with Crippen molar-refractivity contribution in [2.24, 2.45) is 0 Å². The molecule has 3 rings (SSSR count). The quantitative estimate of drug-likeness (QED) is 0.691. The molecule has 1 aromatic rings. The van der Waals surface area contributed by atoms with Crippen LogP contribution in [0.2, 0.25) is 0 Å². The SMILES string of the molecule is C1CC(c2nnc(C3COC3)o2)C1. The third-order valence-electron chi connectivity index (χ3n) is 2.90. The average molecular weight is 180 g/mol. The summed E-state index contributed by atoms with van der Waals surface area (Å²) in [5, 5.41) is 8.11. The molecule has 0 unspecified atom stereocenters. The topological polar surface area (TPSA) is 48.2 Å². The number of hydrogen-bond donors (Lipinski definition) is 0. The van der Waals surface area contributed by atoms with Crippen molar-refractivity contribution in [2.75, 3.05) is 13.2 Å². The molecule has 0 bridgehead atoms. The predicted octanol–water partition coefficient (Wildman–Crippen LogP) is 1.45. The molecule has 2 aliphatic rings. The molecular weight excluding hydrogens is 168 g/mol. The van der Waals surface area contributed by atoms with Gasteiger partial charge >= 0.3 is 0 Å². The number of nitrogens with zero attached hydrogens (tertiary/aromatic N) is 2. The van der Waals surface area contributed by atoms with Gasteiger partial charge in [0.2, 0.25) is 11.8 Å². The summed E-state index contributed by atoms with van der Waals surface area (Å²) in [4.78, 5) is 0. The van der Waals surface area contributed by atoms with Crippen LogP contribution in [0.5, 0.6) is 0 Å². The predicted molar refractivity (Wildman–Crippen MR) is 44.5 cm³/mol. The smallest absolute Gasteiger partial charge is 0.224 e. The number of aromatic nitrogens is 2. The molecule has 0 N–H and O–H groups in total. The molecule has 1 saturated carbocycles. The summed E-state index contributed by atoms with van der Waals surface area (Å²) in [5.41, 5.74) is 0. The van der Waals surface area contributed by atoms with E-state index in [1.165, 1.54) is 19.3 Å². The first-order valence-corrected chi connectivity index (χ1v) is 4.84. The van der Waals surface area contributed by atoms with Crippen LogP contribution >= 0.6 is 0 Å². The molecule has 4 nitrogen and oxygen atoms in total. The molecular formula is C9H12N2O2. The fourth-order valence-electron chi connectivity index (χ4n) is 1.61. The van der Waals surface area contributed by atoms with Gasteiger partial charge in [-0.1, -0.05) is 6.42 Å². The Balaban J connectivity index is 1.76. The van der Waals surface area contributed by atoms with Crippen LogP contribution in [0.25, 0.3) is 0 Å². The summed E-state index contributed by atoms with van der Waals surface area (Å²) in [5.74, 6) is 2.52. The van der Waals surface area contributed by atoms with Gasteiger partial charge in [0.15, 0.2) is 0 Å². The second-order valence-electron chi connectivity index (χ2n) is 3.84. The molecule has 1 aromatic heterocycles. The molecule has 2 fully saturated rings. The van der Waals surface area contributed by atoms with E-state index in [4.69, 9.17) is 9.15 Å². The molecule has 0 amide bonds. The Labute approximate surface area is 76.3 Å². The van der Waals surface area contributed by atoms with Gasteiger partial charge in [0.1, 0.15) is 0 Å². The maximum Gasteiger partial charge on any atom is 0.224 e. The number of hydrogen-bond acceptors (Lipinski definition) is 4. The molecule has 0 radical (unpaired) electrons. The van der Waals surface area contributed by atoms with Gasteiger partial charge in [-0.25, -0.2) is 0 Å². The maximum absolute atomic E-state index is 5.59. The standard InChI is InChI=1S/C9H12N2O2/c1-2-6(3-1)8-10-11-9(13-8)7-4-12-5-7/h6-7H,1-5H2. The van der Waals surface area contributed by atoms with E-state index in [1.54, 1.807) is 0 Å². The lowest BCUT2D eigenvalue weighted by atomic mass is 9.85. The summed E-state index contributed by atoms with van der Waals surface area (Å²) >= 11 is 0. The average Bonchev–Trinajstić information content (AvgIpc) is 2.29. The Morgan fingerprint density at radius 2 is 1.69 bits per heavy atom. The highest BCUT2D eigenvalue weighted by Crippen LogP contribution is 2.36. The number of rotatable bonds is 2. The second-order valence-corrected chi connectivity index (χ2v) is 3.84. The summed E-state index contributed by atoms with van der Waals surface area (Å²) in [6, 6.07) is 0. The van der Waals surface area contributed by atoms with Crippen LogP contribution in [-0.4, -0.2) is 23.4 Å². The lowest BCUT2D eigenvalue weighted by molar-refractivity contribution is -0.00305. The Hall–Kier alpha value is -0.900. The molecule has 1 aliphatic carbocycles. The van der Waals surface area contributed by atoms with Gasteiger partial charge < -0.3 is 9.15 Å². The maximum atomic E-state index is 5.59. The van der Waals surface area contributed by atoms with Crippen molar-refractivity contribution < 1.29 is 9.15 Å². The lowest BCUT2D eigenvalue weighted by Crippen LogP contribution is -2.25. The van der Waals surface area contributed by atoms with Crippen LogP contribution in [0, 0.1) is 0 Å². The zero-order chi connectivity index (χ0) is 8.67. The van der Waals surface area contributed by atoms with E-state index in [0.717, 1.165) is 25.0 Å². The van der Waals surface area contributed by atoms with Crippen LogP contribution in [0.4, 0.5) is 0 Å². The summed E-state index contributed by atoms with van der Waals surface area (Å²) in [7, 11) is 0. The first kappa shape index (κ1) is 7.50. The molecule has 1 saturated heterocycles. The van der Waals surface area contributed by atoms with Crippen LogP contribution in [0.1, 0.15) is 42.9 Å². The van der Waals surface area contributed by atoms with Gasteiger partial charge in [-0.15, -0.1) is 10.2 Å². The highest BCUT2D eigenvalue weighted by Gasteiger charge is 2.30. The minimum Gasteiger partial charge on any atom is -0.424 e. The third-order valence-corrected chi connectivity index (χ3v) is 2.90. The molecule has 0 aromatic carbocycles. The van der Waals surface area contributed by atoms with E-state index in [0.29, 0.717) is 11.8 Å². The molecule has 4 heteroatoms. The Morgan fingerprint density at radius 3 is 2.15 bits per heavy atom. The molecule has 70 valence electrons. The van der Waals surface area contributed by atoms with E-state index in [-0.39, 0.29) is 0 Å². The largest absolute Gasteiger partial charge is 0.424 e. The van der Waals surface area contributed by atoms with Gasteiger partial charge in [0.25, 0.3) is 0 Å². The van der Waals surface area contributed by atoms with E-state index >= 15 is 0 Å². The highest BCUT2D eigenvalue weighted by atomic mass is 16.5. The first-order valence-electron chi connectivity index (χ1n) is 4.84. The van der Waals surface area contributed by atoms with Crippen molar-refractivity contribution in [3.63, 3.8) is 0 Å². The van der Waals surface area contributed by atoms with Gasteiger partial charge in [0.05, 0.1) is 19.1 Å². The molecule has 2 heterocycles. The zero-order valence-electron chi connectivity index (χ0n) is 7.40. The van der Waals surface area contributed by atoms with Gasteiger partial charge in [-0.3, -0.25) is 0 Å². The highest BCUT2D eigenvalue weighted by molar-refractivity contribution is 5.00.